The Labute approximate surface area is 186 Å². The average Bonchev–Trinajstić information content (AvgIpc) is 0. The maximum Gasteiger partial charge on any atom is 3.00 e. The molecule has 0 bridgehead atoms. The largest absolute Gasteiger partial charge is 3.00 e. The SMILES string of the molecule is [Cr+3].[Cr+3].[Fe].[Fe].[H-].[H-].[K+].[K+].[O-2].[O-2].[O-2]. The summed E-state index contributed by atoms with van der Waals surface area (Å²) in [5.41, 5.74) is 0. The number of hydrogen-bond donors (Lipinski definition) is 0. The molecule has 0 saturated heterocycles. The Morgan fingerprint density at radius 2 is 0.556 bits per heavy atom. The molecule has 0 aliphatic heterocycles. The van der Waals surface area contributed by atoms with E-state index in [1.165, 1.54) is 0 Å². The van der Waals surface area contributed by atoms with Crippen LogP contribution >= 0.6 is 0 Å². The van der Waals surface area contributed by atoms with Gasteiger partial charge in [0, 0.05) is 34.1 Å². The standard InChI is InChI=1S/2Cr.2Fe.2K.3O.2H/q2*+3;;;2*+1;3*-2;2*-1. The molecular formula is H2Cr2Fe2K2O3. The normalized spacial score (nSPS) is 0. The third kappa shape index (κ3) is 60.8. The molecule has 0 atom stereocenters. The molecule has 3 nitrogen and oxygen atoms in total. The summed E-state index contributed by atoms with van der Waals surface area (Å²) >= 11 is 0. The predicted molar refractivity (Wildman–Crippen MR) is 4.28 cm³/mol. The topological polar surface area (TPSA) is 85.5 Å². The summed E-state index contributed by atoms with van der Waals surface area (Å²) in [5, 5.41) is 0. The van der Waals surface area contributed by atoms with Gasteiger partial charge >= 0.3 is 137 Å². The predicted octanol–water partition coefficient (Wildman–Crippen LogP) is -6.13. The maximum absolute atomic E-state index is 0. The quantitative estimate of drug-likeness (QED) is 0.392. The molecule has 0 rings (SSSR count). The molecule has 0 aromatic heterocycles. The molecule has 9 heteroatoms. The molecule has 0 aliphatic rings. The second-order valence-corrected chi connectivity index (χ2v) is 0. The van der Waals surface area contributed by atoms with E-state index in [4.69, 9.17) is 0 Å². The Kier molecular flexibility index (Phi) is 726. The minimum absolute atomic E-state index is 0. The van der Waals surface area contributed by atoms with Gasteiger partial charge in [0.25, 0.3) is 0 Å². The molecule has 0 heterocycles. The van der Waals surface area contributed by atoms with E-state index in [1.807, 2.05) is 0 Å². The molecule has 0 N–H and O–H groups in total. The van der Waals surface area contributed by atoms with E-state index in [1.54, 1.807) is 0 Å². The summed E-state index contributed by atoms with van der Waals surface area (Å²) in [4.78, 5) is 0. The zero-order valence-corrected chi connectivity index (χ0v) is 15.8. The number of hydrogen-bond acceptors (Lipinski definition) is 0. The maximum atomic E-state index is 0. The summed E-state index contributed by atoms with van der Waals surface area (Å²) in [5.74, 6) is 0. The van der Waals surface area contributed by atoms with Gasteiger partial charge in [0.1, 0.15) is 0 Å². The molecule has 0 spiro atoms. The van der Waals surface area contributed by atoms with E-state index in [2.05, 4.69) is 0 Å². The first kappa shape index (κ1) is 90.7. The molecule has 0 amide bonds. The molecule has 0 aromatic rings. The van der Waals surface area contributed by atoms with Crippen LogP contribution in [0.3, 0.4) is 0 Å². The Morgan fingerprint density at radius 3 is 0.556 bits per heavy atom. The zero-order chi connectivity index (χ0) is 0. The van der Waals surface area contributed by atoms with E-state index in [0.29, 0.717) is 0 Å². The Bertz CT molecular complexity index is 25.3. The van der Waals surface area contributed by atoms with Crippen molar-refractivity contribution in [3.63, 3.8) is 0 Å². The van der Waals surface area contributed by atoms with E-state index >= 15 is 0 Å². The zero-order valence-electron chi connectivity index (χ0n) is 6.75. The van der Waals surface area contributed by atoms with Crippen molar-refractivity contribution in [2.45, 2.75) is 0 Å². The van der Waals surface area contributed by atoms with Gasteiger partial charge in [0.15, 0.2) is 0 Å². The average molecular weight is 344 g/mol. The fraction of sp³-hybridized carbons (Fsp3) is 0. The second-order valence-electron chi connectivity index (χ2n) is 0. The molecule has 50 valence electrons. The van der Waals surface area contributed by atoms with E-state index in [9.17, 15) is 0 Å². The van der Waals surface area contributed by atoms with Crippen LogP contribution < -0.4 is 103 Å². The van der Waals surface area contributed by atoms with Crippen LogP contribution in [0.5, 0.6) is 0 Å². The van der Waals surface area contributed by atoms with E-state index in [0.717, 1.165) is 0 Å². The molecule has 0 unspecified atom stereocenters. The van der Waals surface area contributed by atoms with Crippen molar-refractivity contribution in [1.82, 2.24) is 0 Å². The van der Waals surface area contributed by atoms with Gasteiger partial charge in [-0.15, -0.1) is 0 Å². The monoisotopic (exact) mass is 344 g/mol. The van der Waals surface area contributed by atoms with E-state index < -0.39 is 0 Å². The molecule has 0 saturated carbocycles. The first-order valence-corrected chi connectivity index (χ1v) is 0. The van der Waals surface area contributed by atoms with Crippen LogP contribution in [0.25, 0.3) is 0 Å². The van der Waals surface area contributed by atoms with Gasteiger partial charge in [-0.05, 0) is 0 Å². The molecule has 9 heavy (non-hydrogen) atoms. The minimum Gasteiger partial charge on any atom is -2.00 e. The fourth-order valence-corrected chi connectivity index (χ4v) is 0. The van der Waals surface area contributed by atoms with Gasteiger partial charge < -0.3 is 19.3 Å². The Morgan fingerprint density at radius 1 is 0.556 bits per heavy atom. The van der Waals surface area contributed by atoms with Crippen LogP contribution in [-0.2, 0) is 85.3 Å². The minimum atomic E-state index is 0. The third-order valence-corrected chi connectivity index (χ3v) is 0. The van der Waals surface area contributed by atoms with Crippen LogP contribution in [0.1, 0.15) is 2.85 Å². The first-order chi connectivity index (χ1) is 0. The van der Waals surface area contributed by atoms with Crippen molar-refractivity contribution in [2.24, 2.45) is 0 Å². The van der Waals surface area contributed by atoms with Gasteiger partial charge in [-0.1, -0.05) is 0 Å². The van der Waals surface area contributed by atoms with Crippen LogP contribution in [-0.4, -0.2) is 0 Å². The summed E-state index contributed by atoms with van der Waals surface area (Å²) in [6.07, 6.45) is 0. The van der Waals surface area contributed by atoms with Crippen LogP contribution in [0, 0.1) is 0 Å². The number of rotatable bonds is 0. The van der Waals surface area contributed by atoms with Gasteiger partial charge in [0.2, 0.25) is 0 Å². The van der Waals surface area contributed by atoms with Crippen molar-refractivity contribution in [3.8, 4) is 0 Å². The summed E-state index contributed by atoms with van der Waals surface area (Å²) in [6.45, 7) is 0. The van der Waals surface area contributed by atoms with Crippen molar-refractivity contribution in [1.29, 1.82) is 0 Å². The van der Waals surface area contributed by atoms with Gasteiger partial charge in [-0.25, -0.2) is 0 Å². The second kappa shape index (κ2) is 72.1. The summed E-state index contributed by atoms with van der Waals surface area (Å²) in [7, 11) is 0. The van der Waals surface area contributed by atoms with Crippen LogP contribution in [0.2, 0.25) is 0 Å². The fourth-order valence-electron chi connectivity index (χ4n) is 0. The molecule has 0 fully saturated rings. The van der Waals surface area contributed by atoms with Gasteiger partial charge in [0.05, 0.1) is 0 Å². The molecule has 0 aliphatic carbocycles. The Hall–Kier alpha value is 5.26. The Balaban J connectivity index is 0. The molecule has 2 radical (unpaired) electrons. The first-order valence-electron chi connectivity index (χ1n) is 0. The molecule has 0 aromatic carbocycles. The smallest absolute Gasteiger partial charge is 2.00 e. The van der Waals surface area contributed by atoms with Gasteiger partial charge in [-0.3, -0.25) is 0 Å². The molecular weight excluding hydrogens is 342 g/mol. The van der Waals surface area contributed by atoms with Crippen molar-refractivity contribution in [3.05, 3.63) is 0 Å². The van der Waals surface area contributed by atoms with Crippen molar-refractivity contribution >= 4 is 0 Å². The van der Waals surface area contributed by atoms with Crippen LogP contribution in [0.15, 0.2) is 0 Å². The van der Waals surface area contributed by atoms with Crippen molar-refractivity contribution in [2.75, 3.05) is 0 Å². The summed E-state index contributed by atoms with van der Waals surface area (Å²) in [6, 6.07) is 0. The van der Waals surface area contributed by atoms with E-state index in [-0.39, 0.29) is 191 Å². The third-order valence-electron chi connectivity index (χ3n) is 0. The van der Waals surface area contributed by atoms with Gasteiger partial charge in [-0.2, -0.15) is 0 Å². The van der Waals surface area contributed by atoms with Crippen molar-refractivity contribution < 1.29 is 191 Å². The summed E-state index contributed by atoms with van der Waals surface area (Å²) < 4.78 is 0. The van der Waals surface area contributed by atoms with Crippen LogP contribution in [0.4, 0.5) is 0 Å².